The molecule has 1 saturated heterocycles. The first-order chi connectivity index (χ1) is 13.8. The van der Waals surface area contributed by atoms with Crippen LogP contribution in [0, 0.1) is 0 Å². The molecule has 0 bridgehead atoms. The van der Waals surface area contributed by atoms with E-state index in [0.29, 0.717) is 10.8 Å². The Morgan fingerprint density at radius 3 is 2.45 bits per heavy atom. The quantitative estimate of drug-likeness (QED) is 0.610. The molecule has 0 amide bonds. The molecule has 1 aromatic carbocycles. The molecule has 150 valence electrons. The first-order valence-electron chi connectivity index (χ1n) is 9.03. The maximum atomic E-state index is 11.5. The van der Waals surface area contributed by atoms with Crippen molar-refractivity contribution in [2.24, 2.45) is 7.05 Å². The van der Waals surface area contributed by atoms with Gasteiger partial charge >= 0.3 is 0 Å². The van der Waals surface area contributed by atoms with Gasteiger partial charge in [-0.2, -0.15) is 0 Å². The van der Waals surface area contributed by atoms with Crippen molar-refractivity contribution in [3.05, 3.63) is 78.4 Å². The number of nitrogens with zero attached hydrogens (tertiary/aromatic N) is 3. The molecule has 4 rings (SSSR count). The Morgan fingerprint density at radius 1 is 1.10 bits per heavy atom. The van der Waals surface area contributed by atoms with Gasteiger partial charge in [0.15, 0.2) is 5.11 Å². The maximum absolute atomic E-state index is 11.5. The molecule has 9 heteroatoms. The van der Waals surface area contributed by atoms with E-state index in [9.17, 15) is 8.42 Å². The second-order valence-corrected chi connectivity index (χ2v) is 9.10. The molecule has 29 heavy (non-hydrogen) atoms. The lowest BCUT2D eigenvalue weighted by atomic mass is 10.0. The molecule has 0 radical (unpaired) electrons. The van der Waals surface area contributed by atoms with Gasteiger partial charge in [0, 0.05) is 36.5 Å². The van der Waals surface area contributed by atoms with Gasteiger partial charge in [-0.25, -0.2) is 8.42 Å². The largest absolute Gasteiger partial charge is 0.353 e. The minimum atomic E-state index is -3.33. The summed E-state index contributed by atoms with van der Waals surface area (Å²) in [5.41, 5.74) is 3.36. The van der Waals surface area contributed by atoms with Crippen molar-refractivity contribution in [1.29, 1.82) is 0 Å². The molecule has 0 spiro atoms. The Balaban J connectivity index is 1.75. The third-order valence-corrected chi connectivity index (χ3v) is 5.75. The van der Waals surface area contributed by atoms with Crippen LogP contribution in [-0.4, -0.2) is 29.3 Å². The zero-order chi connectivity index (χ0) is 20.6. The Kier molecular flexibility index (Phi) is 5.01. The van der Waals surface area contributed by atoms with Crippen molar-refractivity contribution < 1.29 is 8.42 Å². The third-order valence-electron chi connectivity index (χ3n) is 4.83. The number of sulfonamides is 1. The third kappa shape index (κ3) is 3.96. The van der Waals surface area contributed by atoms with Gasteiger partial charge in [-0.1, -0.05) is 6.07 Å². The number of anilines is 2. The molecule has 7 nitrogen and oxygen atoms in total. The van der Waals surface area contributed by atoms with Gasteiger partial charge in [-0.05, 0) is 60.7 Å². The summed E-state index contributed by atoms with van der Waals surface area (Å²) in [7, 11) is -1.33. The van der Waals surface area contributed by atoms with Gasteiger partial charge in [0.25, 0.3) is 0 Å². The smallest absolute Gasteiger partial charge is 0.229 e. The lowest BCUT2D eigenvalue weighted by molar-refractivity contribution is 0.541. The van der Waals surface area contributed by atoms with Crippen LogP contribution in [0.3, 0.4) is 0 Å². The molecular formula is C20H21N5O2S2. The molecular weight excluding hydrogens is 406 g/mol. The van der Waals surface area contributed by atoms with Crippen molar-refractivity contribution in [3.63, 3.8) is 0 Å². The summed E-state index contributed by atoms with van der Waals surface area (Å²) >= 11 is 5.68. The van der Waals surface area contributed by atoms with E-state index in [4.69, 9.17) is 12.2 Å². The van der Waals surface area contributed by atoms with Gasteiger partial charge < -0.3 is 14.8 Å². The number of hydrogen-bond donors (Lipinski definition) is 2. The topological polar surface area (TPSA) is 79.3 Å². The molecule has 1 fully saturated rings. The van der Waals surface area contributed by atoms with Crippen LogP contribution in [0.1, 0.15) is 23.5 Å². The molecule has 1 aliphatic heterocycles. The number of hydrogen-bond acceptors (Lipinski definition) is 4. The van der Waals surface area contributed by atoms with Crippen LogP contribution < -0.4 is 14.9 Å². The minimum absolute atomic E-state index is 0.105. The lowest BCUT2D eigenvalue weighted by Crippen LogP contribution is -2.30. The average Bonchev–Trinajstić information content (AvgIpc) is 3.24. The van der Waals surface area contributed by atoms with Crippen LogP contribution in [0.4, 0.5) is 11.4 Å². The Bertz CT molecular complexity index is 1130. The molecule has 2 N–H and O–H groups in total. The summed E-state index contributed by atoms with van der Waals surface area (Å²) in [4.78, 5) is 6.58. The fourth-order valence-corrected chi connectivity index (χ4v) is 4.53. The van der Waals surface area contributed by atoms with Crippen LogP contribution >= 0.6 is 12.2 Å². The van der Waals surface area contributed by atoms with Crippen molar-refractivity contribution in [3.8, 4) is 0 Å². The normalized spacial score (nSPS) is 19.2. The van der Waals surface area contributed by atoms with E-state index in [-0.39, 0.29) is 12.1 Å². The van der Waals surface area contributed by atoms with E-state index >= 15 is 0 Å². The highest BCUT2D eigenvalue weighted by molar-refractivity contribution is 7.92. The monoisotopic (exact) mass is 427 g/mol. The van der Waals surface area contributed by atoms with Crippen molar-refractivity contribution in [2.45, 2.75) is 12.1 Å². The molecule has 0 unspecified atom stereocenters. The molecule has 1 aliphatic rings. The van der Waals surface area contributed by atoms with Crippen LogP contribution in [0.5, 0.6) is 0 Å². The second kappa shape index (κ2) is 7.49. The summed E-state index contributed by atoms with van der Waals surface area (Å²) in [6, 6.07) is 16.9. The van der Waals surface area contributed by atoms with Crippen molar-refractivity contribution in [2.75, 3.05) is 15.9 Å². The number of thiocarbonyl (C=S) groups is 1. The van der Waals surface area contributed by atoms with Gasteiger partial charge in [-0.3, -0.25) is 9.71 Å². The summed E-state index contributed by atoms with van der Waals surface area (Å²) in [5, 5.41) is 4.00. The van der Waals surface area contributed by atoms with E-state index in [0.717, 1.165) is 23.3 Å². The van der Waals surface area contributed by atoms with E-state index < -0.39 is 10.0 Å². The summed E-state index contributed by atoms with van der Waals surface area (Å²) in [6.45, 7) is 0. The van der Waals surface area contributed by atoms with Crippen molar-refractivity contribution >= 4 is 38.7 Å². The van der Waals surface area contributed by atoms with Crippen LogP contribution in [0.15, 0.2) is 67.0 Å². The van der Waals surface area contributed by atoms with Crippen LogP contribution in [0.25, 0.3) is 0 Å². The Hall–Kier alpha value is -2.91. The SMILES string of the molecule is Cn1cccc1[C@H]1[C@@H](c2ccccn2)NC(=S)N1c1ccc(NS(C)(=O)=O)cc1. The predicted octanol–water partition coefficient (Wildman–Crippen LogP) is 2.97. The first-order valence-corrected chi connectivity index (χ1v) is 11.3. The lowest BCUT2D eigenvalue weighted by Gasteiger charge is -2.28. The molecule has 2 aromatic heterocycles. The highest BCUT2D eigenvalue weighted by atomic mass is 32.2. The Labute approximate surface area is 175 Å². The highest BCUT2D eigenvalue weighted by Crippen LogP contribution is 2.41. The molecule has 0 aliphatic carbocycles. The minimum Gasteiger partial charge on any atom is -0.353 e. The number of aromatic nitrogens is 2. The average molecular weight is 428 g/mol. The summed E-state index contributed by atoms with van der Waals surface area (Å²) in [6.07, 6.45) is 4.91. The van der Waals surface area contributed by atoms with E-state index in [1.54, 1.807) is 18.3 Å². The van der Waals surface area contributed by atoms with E-state index in [2.05, 4.69) is 25.7 Å². The fraction of sp³-hybridized carbons (Fsp3) is 0.200. The van der Waals surface area contributed by atoms with E-state index in [1.165, 1.54) is 0 Å². The highest BCUT2D eigenvalue weighted by Gasteiger charge is 2.41. The predicted molar refractivity (Wildman–Crippen MR) is 118 cm³/mol. The van der Waals surface area contributed by atoms with Crippen LogP contribution in [-0.2, 0) is 17.1 Å². The maximum Gasteiger partial charge on any atom is 0.229 e. The Morgan fingerprint density at radius 2 is 1.86 bits per heavy atom. The molecule has 2 atom stereocenters. The van der Waals surface area contributed by atoms with Crippen LogP contribution in [0.2, 0.25) is 0 Å². The van der Waals surface area contributed by atoms with Gasteiger partial charge in [0.05, 0.1) is 18.0 Å². The number of benzene rings is 1. The number of rotatable bonds is 5. The van der Waals surface area contributed by atoms with E-state index in [1.807, 2.05) is 54.5 Å². The summed E-state index contributed by atoms with van der Waals surface area (Å²) < 4.78 is 27.5. The standard InChI is InChI=1S/C20H21N5O2S2/c1-24-13-5-7-17(24)19-18(16-6-3-4-12-21-16)22-20(28)25(19)15-10-8-14(9-11-15)23-29(2,26)27/h3-13,18-19,23H,1-2H3,(H,22,28)/t18-,19+/m1/s1. The zero-order valence-corrected chi connectivity index (χ0v) is 17.6. The second-order valence-electron chi connectivity index (χ2n) is 6.96. The molecule has 3 aromatic rings. The first kappa shape index (κ1) is 19.4. The number of nitrogens with one attached hydrogen (secondary N) is 2. The zero-order valence-electron chi connectivity index (χ0n) is 16.0. The van der Waals surface area contributed by atoms with Gasteiger partial charge in [-0.15, -0.1) is 0 Å². The fourth-order valence-electron chi connectivity index (χ4n) is 3.62. The summed E-state index contributed by atoms with van der Waals surface area (Å²) in [5.74, 6) is 0. The number of aryl methyl sites for hydroxylation is 1. The van der Waals surface area contributed by atoms with Gasteiger partial charge in [0.1, 0.15) is 6.04 Å². The number of pyridine rings is 1. The molecule has 0 saturated carbocycles. The van der Waals surface area contributed by atoms with Gasteiger partial charge in [0.2, 0.25) is 10.0 Å². The van der Waals surface area contributed by atoms with Crippen molar-refractivity contribution in [1.82, 2.24) is 14.9 Å². The molecule has 3 heterocycles.